The summed E-state index contributed by atoms with van der Waals surface area (Å²) in [5.41, 5.74) is 5.28. The molecule has 1 heterocycles. The number of rotatable bonds is 3. The summed E-state index contributed by atoms with van der Waals surface area (Å²) in [7, 11) is 1.58. The molecule has 6 heteroatoms. The Kier molecular flexibility index (Phi) is 3.73. The van der Waals surface area contributed by atoms with Crippen molar-refractivity contribution >= 4 is 40.7 Å². The second kappa shape index (κ2) is 4.83. The first-order valence-electron chi connectivity index (χ1n) is 3.76. The summed E-state index contributed by atoms with van der Waals surface area (Å²) in [4.78, 5) is 12.0. The van der Waals surface area contributed by atoms with Gasteiger partial charge in [0.05, 0.1) is 11.1 Å². The summed E-state index contributed by atoms with van der Waals surface area (Å²) in [6, 6.07) is 3.54. The minimum Gasteiger partial charge on any atom is -0.375 e. The van der Waals surface area contributed by atoms with Crippen molar-refractivity contribution in [1.82, 2.24) is 5.01 Å². The number of ketones is 1. The van der Waals surface area contributed by atoms with Crippen LogP contribution in [0.4, 0.5) is 0 Å². The van der Waals surface area contributed by atoms with E-state index >= 15 is 0 Å². The van der Waals surface area contributed by atoms with Crippen LogP contribution in [0.1, 0.15) is 9.67 Å². The van der Waals surface area contributed by atoms with E-state index in [-0.39, 0.29) is 10.9 Å². The van der Waals surface area contributed by atoms with E-state index in [2.05, 4.69) is 17.3 Å². The van der Waals surface area contributed by atoms with Crippen LogP contribution in [0.5, 0.6) is 0 Å². The Labute approximate surface area is 91.0 Å². The fourth-order valence-corrected chi connectivity index (χ4v) is 1.36. The molecule has 0 spiro atoms. The Bertz CT molecular complexity index is 359. The van der Waals surface area contributed by atoms with Gasteiger partial charge in [0, 0.05) is 7.05 Å². The van der Waals surface area contributed by atoms with Crippen LogP contribution >= 0.6 is 23.6 Å². The number of carbonyl (C=O) groups is 1. The normalized spacial score (nSPS) is 10.4. The fraction of sp³-hybridized carbons (Fsp3) is 0.125. The molecule has 0 amide bonds. The number of carbonyl (C=O) groups excluding carboxylic acids is 1. The van der Waals surface area contributed by atoms with E-state index < -0.39 is 0 Å². The molecule has 2 N–H and O–H groups in total. The number of hydrazone groups is 1. The molecule has 0 unspecified atom stereocenters. The number of Topliss-reactive ketones (excluding diaryl/α,β-unsaturated/α-hetero) is 1. The highest BCUT2D eigenvalue weighted by Crippen LogP contribution is 2.07. The molecule has 0 radical (unpaired) electrons. The Hall–Kier alpha value is -1.27. The number of thiocarbonyl (C=S) groups is 1. The van der Waals surface area contributed by atoms with E-state index in [4.69, 9.17) is 5.73 Å². The Balaban J connectivity index is 2.62. The summed E-state index contributed by atoms with van der Waals surface area (Å²) >= 11 is 6.02. The van der Waals surface area contributed by atoms with E-state index in [1.54, 1.807) is 13.1 Å². The quantitative estimate of drug-likeness (QED) is 0.363. The van der Waals surface area contributed by atoms with Gasteiger partial charge in [-0.1, -0.05) is 6.07 Å². The Morgan fingerprint density at radius 3 is 3.00 bits per heavy atom. The molecule has 0 aliphatic heterocycles. The molecule has 1 aromatic heterocycles. The molecule has 4 nitrogen and oxygen atoms in total. The van der Waals surface area contributed by atoms with Crippen molar-refractivity contribution in [3.63, 3.8) is 0 Å². The summed E-state index contributed by atoms with van der Waals surface area (Å²) in [5.74, 6) is -0.150. The molecule has 0 saturated heterocycles. The van der Waals surface area contributed by atoms with Crippen molar-refractivity contribution in [2.24, 2.45) is 10.8 Å². The van der Waals surface area contributed by atoms with E-state index in [1.807, 2.05) is 11.4 Å². The van der Waals surface area contributed by atoms with Crippen LogP contribution in [0.15, 0.2) is 22.6 Å². The standard InChI is InChI=1S/C8H9N3OS2/c1-11(8(9)13)10-5-6(12)7-3-2-4-14-7/h2-5H,1H3,(H2,9,13)/b10-5-. The first-order valence-corrected chi connectivity index (χ1v) is 5.05. The van der Waals surface area contributed by atoms with Gasteiger partial charge in [-0.05, 0) is 23.7 Å². The van der Waals surface area contributed by atoms with Gasteiger partial charge in [-0.2, -0.15) is 5.10 Å². The second-order valence-corrected chi connectivity index (χ2v) is 3.81. The largest absolute Gasteiger partial charge is 0.375 e. The van der Waals surface area contributed by atoms with Gasteiger partial charge in [-0.3, -0.25) is 4.79 Å². The maximum atomic E-state index is 11.4. The van der Waals surface area contributed by atoms with Crippen LogP contribution in [0.25, 0.3) is 0 Å². The molecule has 74 valence electrons. The maximum absolute atomic E-state index is 11.4. The summed E-state index contributed by atoms with van der Waals surface area (Å²) < 4.78 is 0. The van der Waals surface area contributed by atoms with Gasteiger partial charge in [-0.15, -0.1) is 11.3 Å². The molecule has 0 bridgehead atoms. The molecule has 0 aromatic carbocycles. The van der Waals surface area contributed by atoms with Crippen LogP contribution in [0, 0.1) is 0 Å². The zero-order chi connectivity index (χ0) is 10.6. The van der Waals surface area contributed by atoms with Crippen molar-refractivity contribution in [2.75, 3.05) is 7.05 Å². The zero-order valence-corrected chi connectivity index (χ0v) is 9.14. The van der Waals surface area contributed by atoms with Crippen LogP contribution in [0.3, 0.4) is 0 Å². The molecule has 14 heavy (non-hydrogen) atoms. The van der Waals surface area contributed by atoms with Gasteiger partial charge in [0.25, 0.3) is 0 Å². The van der Waals surface area contributed by atoms with E-state index in [0.29, 0.717) is 4.88 Å². The average molecular weight is 227 g/mol. The van der Waals surface area contributed by atoms with Crippen LogP contribution in [-0.2, 0) is 0 Å². The average Bonchev–Trinajstić information content (AvgIpc) is 2.66. The van der Waals surface area contributed by atoms with E-state index in [0.717, 1.165) is 0 Å². The van der Waals surface area contributed by atoms with Gasteiger partial charge >= 0.3 is 0 Å². The summed E-state index contributed by atoms with van der Waals surface area (Å²) in [5, 5.41) is 7.00. The number of hydrogen-bond acceptors (Lipinski definition) is 4. The summed E-state index contributed by atoms with van der Waals surface area (Å²) in [6.07, 6.45) is 1.20. The van der Waals surface area contributed by atoms with Crippen molar-refractivity contribution in [3.05, 3.63) is 22.4 Å². The fourth-order valence-electron chi connectivity index (χ4n) is 0.678. The highest BCUT2D eigenvalue weighted by atomic mass is 32.1. The highest BCUT2D eigenvalue weighted by Gasteiger charge is 2.03. The lowest BCUT2D eigenvalue weighted by molar-refractivity contribution is 0.107. The Morgan fingerprint density at radius 2 is 2.50 bits per heavy atom. The van der Waals surface area contributed by atoms with Crippen molar-refractivity contribution in [2.45, 2.75) is 0 Å². The minimum atomic E-state index is -0.150. The predicted octanol–water partition coefficient (Wildman–Crippen LogP) is 1.09. The van der Waals surface area contributed by atoms with Crippen molar-refractivity contribution in [3.8, 4) is 0 Å². The molecule has 1 aromatic rings. The Morgan fingerprint density at radius 1 is 1.79 bits per heavy atom. The lowest BCUT2D eigenvalue weighted by Gasteiger charge is -2.07. The molecule has 0 aliphatic rings. The van der Waals surface area contributed by atoms with Gasteiger partial charge < -0.3 is 5.73 Å². The predicted molar refractivity (Wildman–Crippen MR) is 61.7 cm³/mol. The van der Waals surface area contributed by atoms with Gasteiger partial charge in [-0.25, -0.2) is 5.01 Å². The van der Waals surface area contributed by atoms with Crippen molar-refractivity contribution < 1.29 is 4.79 Å². The van der Waals surface area contributed by atoms with Gasteiger partial charge in [0.15, 0.2) is 5.11 Å². The zero-order valence-electron chi connectivity index (χ0n) is 7.51. The third kappa shape index (κ3) is 2.90. The van der Waals surface area contributed by atoms with Crippen LogP contribution < -0.4 is 5.73 Å². The molecule has 0 fully saturated rings. The van der Waals surface area contributed by atoms with E-state index in [9.17, 15) is 4.79 Å². The minimum absolute atomic E-state index is 0.125. The first kappa shape index (κ1) is 10.8. The van der Waals surface area contributed by atoms with Gasteiger partial charge in [0.2, 0.25) is 5.78 Å². The lowest BCUT2D eigenvalue weighted by atomic mass is 10.3. The number of hydrogen-bond donors (Lipinski definition) is 1. The number of nitrogens with two attached hydrogens (primary N) is 1. The first-order chi connectivity index (χ1) is 6.61. The third-order valence-electron chi connectivity index (χ3n) is 1.43. The SMILES string of the molecule is CN(/N=C\C(=O)c1cccs1)C(N)=S. The molecular weight excluding hydrogens is 218 g/mol. The highest BCUT2D eigenvalue weighted by molar-refractivity contribution is 7.80. The number of nitrogens with zero attached hydrogens (tertiary/aromatic N) is 2. The third-order valence-corrected chi connectivity index (χ3v) is 2.58. The summed E-state index contributed by atoms with van der Waals surface area (Å²) in [6.45, 7) is 0. The number of thiophene rings is 1. The molecule has 1 rings (SSSR count). The second-order valence-electron chi connectivity index (χ2n) is 2.45. The molecule has 0 saturated carbocycles. The van der Waals surface area contributed by atoms with Crippen LogP contribution in [-0.4, -0.2) is 29.2 Å². The molecule has 0 atom stereocenters. The van der Waals surface area contributed by atoms with Crippen molar-refractivity contribution in [1.29, 1.82) is 0 Å². The monoisotopic (exact) mass is 227 g/mol. The smallest absolute Gasteiger partial charge is 0.215 e. The van der Waals surface area contributed by atoms with Gasteiger partial charge in [0.1, 0.15) is 0 Å². The van der Waals surface area contributed by atoms with E-state index in [1.165, 1.54) is 22.6 Å². The lowest BCUT2D eigenvalue weighted by Crippen LogP contribution is -2.27. The molecule has 0 aliphatic carbocycles. The maximum Gasteiger partial charge on any atom is 0.215 e. The van der Waals surface area contributed by atoms with Crippen LogP contribution in [0.2, 0.25) is 0 Å². The molecular formula is C8H9N3OS2. The topological polar surface area (TPSA) is 58.7 Å².